The number of halogens is 1. The minimum Gasteiger partial charge on any atom is -0.478 e. The molecule has 0 aliphatic carbocycles. The molecular weight excluding hydrogens is 430 g/mol. The number of carboxylic acids is 1. The quantitative estimate of drug-likeness (QED) is 0.214. The predicted octanol–water partition coefficient (Wildman–Crippen LogP) is 6.47. The Morgan fingerprint density at radius 3 is 1.73 bits per heavy atom. The molecule has 0 fully saturated rings. The minimum absolute atomic E-state index is 0.298. The van der Waals surface area contributed by atoms with Gasteiger partial charge in [0.05, 0.1) is 11.1 Å². The van der Waals surface area contributed by atoms with Crippen molar-refractivity contribution in [2.45, 2.75) is 17.5 Å². The molecule has 0 aromatic heterocycles. The number of hydrogen-bond donors (Lipinski definition) is 1. The van der Waals surface area contributed by atoms with Gasteiger partial charge < -0.3 is 5.11 Å². The molecule has 1 unspecified atom stereocenters. The highest BCUT2D eigenvalue weighted by Crippen LogP contribution is 2.49. The zero-order valence-electron chi connectivity index (χ0n) is 18.1. The molecule has 1 N–H and O–H groups in total. The Morgan fingerprint density at radius 1 is 0.788 bits per heavy atom. The van der Waals surface area contributed by atoms with Crippen molar-refractivity contribution in [3.63, 3.8) is 0 Å². The van der Waals surface area contributed by atoms with Crippen LogP contribution in [0.2, 0.25) is 0 Å². The largest absolute Gasteiger partial charge is 0.478 e. The summed E-state index contributed by atoms with van der Waals surface area (Å²) in [6.45, 7) is 0.683. The number of nitrogens with zero attached hydrogens (tertiary/aromatic N) is 1. The van der Waals surface area contributed by atoms with Gasteiger partial charge in [-0.2, -0.15) is 0 Å². The molecule has 3 nitrogen and oxygen atoms in total. The highest BCUT2D eigenvalue weighted by molar-refractivity contribution is 6.20. The standard InChI is InChI=1S/C29H24ClNO2/c30-27-26-17-16-22(28(32)33)20-21(26)18-19-31(27)29(23-10-4-1-5-11-23,24-12-6-2-7-13-24)25-14-8-3-9-15-25/h1-17,20,27H,18-19H2,(H,32,33). The molecule has 4 aromatic rings. The Morgan fingerprint density at radius 2 is 1.27 bits per heavy atom. The van der Waals surface area contributed by atoms with E-state index in [4.69, 9.17) is 11.6 Å². The SMILES string of the molecule is O=C(O)c1ccc2c(c1)CCN(C(c1ccccc1)(c1ccccc1)c1ccccc1)C2Cl. The average Bonchev–Trinajstić information content (AvgIpc) is 2.87. The Hall–Kier alpha value is -3.40. The number of carbonyl (C=O) groups is 1. The number of aromatic carboxylic acids is 1. The van der Waals surface area contributed by atoms with Gasteiger partial charge in [-0.1, -0.05) is 97.1 Å². The summed E-state index contributed by atoms with van der Waals surface area (Å²) in [5.41, 5.74) is 4.62. The van der Waals surface area contributed by atoms with E-state index < -0.39 is 17.0 Å². The fraction of sp³-hybridized carbons (Fsp3) is 0.138. The first-order valence-corrected chi connectivity index (χ1v) is 11.5. The Kier molecular flexibility index (Phi) is 5.76. The van der Waals surface area contributed by atoms with Gasteiger partial charge in [0.1, 0.15) is 5.50 Å². The molecule has 33 heavy (non-hydrogen) atoms. The van der Waals surface area contributed by atoms with Gasteiger partial charge in [0.2, 0.25) is 0 Å². The highest BCUT2D eigenvalue weighted by Gasteiger charge is 2.46. The number of hydrogen-bond acceptors (Lipinski definition) is 2. The van der Waals surface area contributed by atoms with Crippen LogP contribution in [0.25, 0.3) is 0 Å². The molecule has 1 atom stereocenters. The molecule has 1 heterocycles. The van der Waals surface area contributed by atoms with Crippen molar-refractivity contribution in [2.75, 3.05) is 6.54 Å². The molecule has 0 amide bonds. The lowest BCUT2D eigenvalue weighted by Crippen LogP contribution is -2.51. The van der Waals surface area contributed by atoms with E-state index in [1.54, 1.807) is 12.1 Å². The summed E-state index contributed by atoms with van der Waals surface area (Å²) in [6, 6.07) is 36.7. The van der Waals surface area contributed by atoms with Crippen LogP contribution >= 0.6 is 11.6 Å². The van der Waals surface area contributed by atoms with Crippen LogP contribution in [0.4, 0.5) is 0 Å². The van der Waals surface area contributed by atoms with Crippen molar-refractivity contribution < 1.29 is 9.90 Å². The van der Waals surface area contributed by atoms with E-state index in [2.05, 4.69) is 77.7 Å². The molecule has 5 rings (SSSR count). The fourth-order valence-corrected chi connectivity index (χ4v) is 5.54. The number of alkyl halides is 1. The van der Waals surface area contributed by atoms with Gasteiger partial charge in [-0.3, -0.25) is 4.90 Å². The summed E-state index contributed by atoms with van der Waals surface area (Å²) in [4.78, 5) is 13.8. The number of fused-ring (bicyclic) bond motifs is 1. The van der Waals surface area contributed by atoms with E-state index in [0.29, 0.717) is 18.5 Å². The average molecular weight is 454 g/mol. The lowest BCUT2D eigenvalue weighted by atomic mass is 9.74. The lowest BCUT2D eigenvalue weighted by Gasteiger charge is -2.49. The van der Waals surface area contributed by atoms with Crippen molar-refractivity contribution in [2.24, 2.45) is 0 Å². The van der Waals surface area contributed by atoms with Crippen molar-refractivity contribution in [3.8, 4) is 0 Å². The third kappa shape index (κ3) is 3.64. The van der Waals surface area contributed by atoms with Crippen LogP contribution < -0.4 is 0 Å². The molecule has 0 radical (unpaired) electrons. The number of benzene rings is 4. The van der Waals surface area contributed by atoms with Crippen molar-refractivity contribution in [1.82, 2.24) is 4.90 Å². The summed E-state index contributed by atoms with van der Waals surface area (Å²) in [5.74, 6) is -0.918. The van der Waals surface area contributed by atoms with E-state index in [9.17, 15) is 9.90 Å². The van der Waals surface area contributed by atoms with Gasteiger partial charge in [-0.05, 0) is 46.4 Å². The van der Waals surface area contributed by atoms with E-state index in [1.165, 1.54) is 0 Å². The summed E-state index contributed by atoms with van der Waals surface area (Å²) >= 11 is 7.26. The van der Waals surface area contributed by atoms with Crippen molar-refractivity contribution in [3.05, 3.63) is 143 Å². The van der Waals surface area contributed by atoms with Gasteiger partial charge in [-0.25, -0.2) is 4.79 Å². The van der Waals surface area contributed by atoms with Crippen LogP contribution in [-0.2, 0) is 12.0 Å². The van der Waals surface area contributed by atoms with E-state index in [0.717, 1.165) is 27.8 Å². The molecule has 1 aliphatic rings. The summed E-state index contributed by atoms with van der Waals surface area (Å²) in [7, 11) is 0. The molecular formula is C29H24ClNO2. The van der Waals surface area contributed by atoms with E-state index in [-0.39, 0.29) is 0 Å². The number of rotatable bonds is 5. The smallest absolute Gasteiger partial charge is 0.335 e. The van der Waals surface area contributed by atoms with Crippen molar-refractivity contribution in [1.29, 1.82) is 0 Å². The molecule has 0 bridgehead atoms. The van der Waals surface area contributed by atoms with Crippen molar-refractivity contribution >= 4 is 17.6 Å². The third-order valence-electron chi connectivity index (χ3n) is 6.55. The zero-order chi connectivity index (χ0) is 22.8. The molecule has 4 heteroatoms. The highest BCUT2D eigenvalue weighted by atomic mass is 35.5. The third-order valence-corrected chi connectivity index (χ3v) is 7.02. The first-order valence-electron chi connectivity index (χ1n) is 11.1. The van der Waals surface area contributed by atoms with E-state index in [1.807, 2.05) is 24.3 Å². The molecule has 0 saturated heterocycles. The van der Waals surface area contributed by atoms with Crippen LogP contribution in [0.5, 0.6) is 0 Å². The van der Waals surface area contributed by atoms with Gasteiger partial charge in [-0.15, -0.1) is 11.6 Å². The molecule has 0 saturated carbocycles. The van der Waals surface area contributed by atoms with E-state index >= 15 is 0 Å². The van der Waals surface area contributed by atoms with Crippen LogP contribution in [-0.4, -0.2) is 22.5 Å². The van der Waals surface area contributed by atoms with Crippen LogP contribution in [0, 0.1) is 0 Å². The lowest BCUT2D eigenvalue weighted by molar-refractivity contribution is 0.0696. The van der Waals surface area contributed by atoms with Gasteiger partial charge in [0, 0.05) is 6.54 Å². The second-order valence-electron chi connectivity index (χ2n) is 8.31. The monoisotopic (exact) mass is 453 g/mol. The molecule has 0 spiro atoms. The normalized spacial score (nSPS) is 16.2. The first-order chi connectivity index (χ1) is 16.1. The first kappa shape index (κ1) is 21.4. The molecule has 4 aromatic carbocycles. The summed E-state index contributed by atoms with van der Waals surface area (Å²) in [5, 5.41) is 9.44. The second-order valence-corrected chi connectivity index (χ2v) is 8.72. The van der Waals surface area contributed by atoms with Crippen LogP contribution in [0.3, 0.4) is 0 Å². The Labute approximate surface area is 198 Å². The Bertz CT molecular complexity index is 1160. The maximum Gasteiger partial charge on any atom is 0.335 e. The summed E-state index contributed by atoms with van der Waals surface area (Å²) in [6.07, 6.45) is 0.716. The predicted molar refractivity (Wildman–Crippen MR) is 132 cm³/mol. The van der Waals surface area contributed by atoms with Gasteiger partial charge in [0.15, 0.2) is 0 Å². The maximum atomic E-state index is 11.5. The van der Waals surface area contributed by atoms with Crippen LogP contribution in [0.15, 0.2) is 109 Å². The van der Waals surface area contributed by atoms with Crippen LogP contribution in [0.1, 0.15) is 43.7 Å². The Balaban J connectivity index is 1.76. The summed E-state index contributed by atoms with van der Waals surface area (Å²) < 4.78 is 0. The van der Waals surface area contributed by atoms with Gasteiger partial charge in [0.25, 0.3) is 0 Å². The number of carboxylic acid groups (broad SMARTS) is 1. The topological polar surface area (TPSA) is 40.5 Å². The molecule has 1 aliphatic heterocycles. The second kappa shape index (κ2) is 8.86. The van der Waals surface area contributed by atoms with Gasteiger partial charge >= 0.3 is 5.97 Å². The fourth-order valence-electron chi connectivity index (χ4n) is 5.08. The maximum absolute atomic E-state index is 11.5. The zero-order valence-corrected chi connectivity index (χ0v) is 18.8. The minimum atomic E-state index is -0.918. The molecule has 164 valence electrons.